The Labute approximate surface area is 92.7 Å². The van der Waals surface area contributed by atoms with Crippen LogP contribution in [0.5, 0.6) is 0 Å². The van der Waals surface area contributed by atoms with Gasteiger partial charge in [0.1, 0.15) is 6.04 Å². The van der Waals surface area contributed by atoms with Crippen molar-refractivity contribution in [2.45, 2.75) is 19.9 Å². The van der Waals surface area contributed by atoms with Crippen LogP contribution in [0.3, 0.4) is 0 Å². The second kappa shape index (κ2) is 5.50. The molecule has 0 aliphatic heterocycles. The molecule has 0 saturated carbocycles. The zero-order chi connectivity index (χ0) is 11.3. The topological polar surface area (TPSA) is 58.2 Å². The first kappa shape index (κ1) is 11.7. The summed E-state index contributed by atoms with van der Waals surface area (Å²) >= 11 is 1.45. The molecule has 0 aromatic carbocycles. The van der Waals surface area contributed by atoms with Crippen LogP contribution in [0, 0.1) is 0 Å². The lowest BCUT2D eigenvalue weighted by Gasteiger charge is -2.12. The van der Waals surface area contributed by atoms with Crippen LogP contribution in [0.4, 0.5) is 0 Å². The minimum atomic E-state index is -0.502. The summed E-state index contributed by atoms with van der Waals surface area (Å²) in [6.45, 7) is 4.07. The number of hydrogen-bond donors (Lipinski definition) is 2. The first-order valence-electron chi connectivity index (χ1n) is 4.76. The standard InChI is InChI=1S/C10H14N2O2S/c1-3-11-9(13)7(2)12-10(14)8-4-5-15-6-8/h4-7H,3H2,1-2H3,(H,11,13)(H,12,14). The number of carbonyl (C=O) groups is 2. The first-order valence-corrected chi connectivity index (χ1v) is 5.70. The van der Waals surface area contributed by atoms with Gasteiger partial charge in [0, 0.05) is 11.9 Å². The molecule has 0 fully saturated rings. The van der Waals surface area contributed by atoms with Gasteiger partial charge in [0.2, 0.25) is 5.91 Å². The summed E-state index contributed by atoms with van der Waals surface area (Å²) in [6, 6.07) is 1.22. The van der Waals surface area contributed by atoms with E-state index >= 15 is 0 Å². The van der Waals surface area contributed by atoms with Gasteiger partial charge in [-0.1, -0.05) is 0 Å². The number of rotatable bonds is 4. The van der Waals surface area contributed by atoms with Gasteiger partial charge in [0.25, 0.3) is 5.91 Å². The predicted molar refractivity (Wildman–Crippen MR) is 59.9 cm³/mol. The highest BCUT2D eigenvalue weighted by Gasteiger charge is 2.15. The molecule has 4 nitrogen and oxygen atoms in total. The summed E-state index contributed by atoms with van der Waals surface area (Å²) in [6.07, 6.45) is 0. The highest BCUT2D eigenvalue weighted by atomic mass is 32.1. The maximum absolute atomic E-state index is 11.5. The van der Waals surface area contributed by atoms with Crippen LogP contribution >= 0.6 is 11.3 Å². The third-order valence-electron chi connectivity index (χ3n) is 1.88. The van der Waals surface area contributed by atoms with Crippen molar-refractivity contribution in [1.82, 2.24) is 10.6 Å². The average molecular weight is 226 g/mol. The fourth-order valence-corrected chi connectivity index (χ4v) is 1.70. The summed E-state index contributed by atoms with van der Waals surface area (Å²) in [5.74, 6) is -0.379. The van der Waals surface area contributed by atoms with E-state index in [1.165, 1.54) is 11.3 Å². The normalized spacial score (nSPS) is 11.9. The fraction of sp³-hybridized carbons (Fsp3) is 0.400. The van der Waals surface area contributed by atoms with Gasteiger partial charge in [-0.3, -0.25) is 9.59 Å². The van der Waals surface area contributed by atoms with Crippen LogP contribution in [-0.4, -0.2) is 24.4 Å². The molecular formula is C10H14N2O2S. The Balaban J connectivity index is 2.48. The third kappa shape index (κ3) is 3.36. The molecule has 1 rings (SSSR count). The van der Waals surface area contributed by atoms with Crippen molar-refractivity contribution in [3.63, 3.8) is 0 Å². The van der Waals surface area contributed by atoms with Gasteiger partial charge in [-0.2, -0.15) is 11.3 Å². The van der Waals surface area contributed by atoms with Crippen molar-refractivity contribution in [2.24, 2.45) is 0 Å². The van der Waals surface area contributed by atoms with Gasteiger partial charge >= 0.3 is 0 Å². The molecule has 0 aliphatic carbocycles. The van der Waals surface area contributed by atoms with Crippen LogP contribution in [-0.2, 0) is 4.79 Å². The maximum Gasteiger partial charge on any atom is 0.252 e. The Morgan fingerprint density at radius 1 is 1.53 bits per heavy atom. The molecule has 1 unspecified atom stereocenters. The lowest BCUT2D eigenvalue weighted by molar-refractivity contribution is -0.122. The highest BCUT2D eigenvalue weighted by Crippen LogP contribution is 2.05. The number of carbonyl (C=O) groups excluding carboxylic acids is 2. The lowest BCUT2D eigenvalue weighted by Crippen LogP contribution is -2.44. The molecule has 5 heteroatoms. The zero-order valence-corrected chi connectivity index (χ0v) is 9.56. The highest BCUT2D eigenvalue weighted by molar-refractivity contribution is 7.08. The van der Waals surface area contributed by atoms with Crippen molar-refractivity contribution < 1.29 is 9.59 Å². The molecule has 0 spiro atoms. The molecular weight excluding hydrogens is 212 g/mol. The summed E-state index contributed by atoms with van der Waals surface area (Å²) in [5.41, 5.74) is 0.594. The van der Waals surface area contributed by atoms with Crippen LogP contribution < -0.4 is 10.6 Å². The van der Waals surface area contributed by atoms with Gasteiger partial charge in [-0.05, 0) is 25.3 Å². The minimum absolute atomic E-state index is 0.166. The molecule has 0 bridgehead atoms. The van der Waals surface area contributed by atoms with Crippen molar-refractivity contribution in [3.8, 4) is 0 Å². The summed E-state index contributed by atoms with van der Waals surface area (Å²) in [7, 11) is 0. The van der Waals surface area contributed by atoms with Crippen LogP contribution in [0.1, 0.15) is 24.2 Å². The Hall–Kier alpha value is -1.36. The molecule has 0 saturated heterocycles. The van der Waals surface area contributed by atoms with Gasteiger partial charge in [0.05, 0.1) is 5.56 Å². The molecule has 0 aliphatic rings. The number of thiophene rings is 1. The van der Waals surface area contributed by atoms with E-state index in [4.69, 9.17) is 0 Å². The van der Waals surface area contributed by atoms with E-state index in [1.54, 1.807) is 18.4 Å². The number of likely N-dealkylation sites (N-methyl/N-ethyl adjacent to an activating group) is 1. The van der Waals surface area contributed by atoms with E-state index in [2.05, 4.69) is 10.6 Å². The second-order valence-electron chi connectivity index (χ2n) is 3.10. The molecule has 1 aromatic rings. The molecule has 1 aromatic heterocycles. The van der Waals surface area contributed by atoms with E-state index < -0.39 is 6.04 Å². The van der Waals surface area contributed by atoms with E-state index in [1.807, 2.05) is 12.3 Å². The van der Waals surface area contributed by atoms with Crippen molar-refractivity contribution in [2.75, 3.05) is 6.54 Å². The monoisotopic (exact) mass is 226 g/mol. The quantitative estimate of drug-likeness (QED) is 0.804. The minimum Gasteiger partial charge on any atom is -0.355 e. The molecule has 0 radical (unpaired) electrons. The summed E-state index contributed by atoms with van der Waals surface area (Å²) in [5, 5.41) is 8.84. The van der Waals surface area contributed by atoms with Gasteiger partial charge < -0.3 is 10.6 Å². The van der Waals surface area contributed by atoms with E-state index in [0.717, 1.165) is 0 Å². The van der Waals surface area contributed by atoms with Crippen molar-refractivity contribution in [1.29, 1.82) is 0 Å². The molecule has 15 heavy (non-hydrogen) atoms. The van der Waals surface area contributed by atoms with E-state index in [9.17, 15) is 9.59 Å². The van der Waals surface area contributed by atoms with Crippen molar-refractivity contribution >= 4 is 23.2 Å². The van der Waals surface area contributed by atoms with Crippen LogP contribution in [0.2, 0.25) is 0 Å². The third-order valence-corrected chi connectivity index (χ3v) is 2.56. The number of nitrogens with one attached hydrogen (secondary N) is 2. The van der Waals surface area contributed by atoms with Gasteiger partial charge in [-0.25, -0.2) is 0 Å². The van der Waals surface area contributed by atoms with Crippen LogP contribution in [0.25, 0.3) is 0 Å². The Kier molecular flexibility index (Phi) is 4.30. The van der Waals surface area contributed by atoms with Crippen LogP contribution in [0.15, 0.2) is 16.8 Å². The first-order chi connectivity index (χ1) is 7.15. The molecule has 2 N–H and O–H groups in total. The summed E-state index contributed by atoms with van der Waals surface area (Å²) in [4.78, 5) is 22.9. The Bertz CT molecular complexity index is 335. The number of amides is 2. The Morgan fingerprint density at radius 2 is 2.27 bits per heavy atom. The zero-order valence-electron chi connectivity index (χ0n) is 8.74. The second-order valence-corrected chi connectivity index (χ2v) is 3.88. The fourth-order valence-electron chi connectivity index (χ4n) is 1.07. The largest absolute Gasteiger partial charge is 0.355 e. The maximum atomic E-state index is 11.5. The van der Waals surface area contributed by atoms with Crippen molar-refractivity contribution in [3.05, 3.63) is 22.4 Å². The predicted octanol–water partition coefficient (Wildman–Crippen LogP) is 1.00. The van der Waals surface area contributed by atoms with E-state index in [-0.39, 0.29) is 11.8 Å². The molecule has 1 atom stereocenters. The smallest absolute Gasteiger partial charge is 0.252 e. The van der Waals surface area contributed by atoms with Gasteiger partial charge in [-0.15, -0.1) is 0 Å². The molecule has 2 amide bonds. The number of hydrogen-bond acceptors (Lipinski definition) is 3. The van der Waals surface area contributed by atoms with Gasteiger partial charge in [0.15, 0.2) is 0 Å². The average Bonchev–Trinajstić information content (AvgIpc) is 2.70. The molecule has 82 valence electrons. The SMILES string of the molecule is CCNC(=O)C(C)NC(=O)c1ccsc1. The lowest BCUT2D eigenvalue weighted by atomic mass is 10.2. The molecule has 1 heterocycles. The van der Waals surface area contributed by atoms with E-state index in [0.29, 0.717) is 12.1 Å². The summed E-state index contributed by atoms with van der Waals surface area (Å²) < 4.78 is 0. The Morgan fingerprint density at radius 3 is 2.80 bits per heavy atom.